The van der Waals surface area contributed by atoms with Crippen LogP contribution in [-0.4, -0.2) is 23.7 Å². The van der Waals surface area contributed by atoms with Gasteiger partial charge in [-0.2, -0.15) is 10.5 Å². The van der Waals surface area contributed by atoms with Crippen molar-refractivity contribution in [1.82, 2.24) is 0 Å². The summed E-state index contributed by atoms with van der Waals surface area (Å²) in [6, 6.07) is 3.18. The summed E-state index contributed by atoms with van der Waals surface area (Å²) in [6.07, 6.45) is 1.04. The highest BCUT2D eigenvalue weighted by atomic mass is 16.5. The molecule has 6 heteroatoms. The number of esters is 1. The predicted octanol–water partition coefficient (Wildman–Crippen LogP) is 0.694. The normalized spacial score (nSPS) is 17.6. The van der Waals surface area contributed by atoms with Crippen LogP contribution >= 0.6 is 0 Å². The molecule has 1 N–H and O–H groups in total. The van der Waals surface area contributed by atoms with Gasteiger partial charge in [0.05, 0.1) is 18.7 Å². The molecule has 0 spiro atoms. The minimum Gasteiger partial charge on any atom is -0.480 e. The number of carboxylic acid groups (broad SMARTS) is 1. The summed E-state index contributed by atoms with van der Waals surface area (Å²) in [4.78, 5) is 23.2. The van der Waals surface area contributed by atoms with Gasteiger partial charge in [-0.3, -0.25) is 9.59 Å². The lowest BCUT2D eigenvalue weighted by Crippen LogP contribution is -2.48. The van der Waals surface area contributed by atoms with E-state index >= 15 is 0 Å². The van der Waals surface area contributed by atoms with Crippen LogP contribution in [0, 0.1) is 39.9 Å². The number of nitrogens with zero attached hydrogens (tertiary/aromatic N) is 2. The highest BCUT2D eigenvalue weighted by Crippen LogP contribution is 2.51. The lowest BCUT2D eigenvalue weighted by molar-refractivity contribution is -0.172. The van der Waals surface area contributed by atoms with Gasteiger partial charge in [0.15, 0.2) is 11.3 Å². The van der Waals surface area contributed by atoms with Crippen LogP contribution in [0.5, 0.6) is 0 Å². The van der Waals surface area contributed by atoms with Gasteiger partial charge in [-0.15, -0.1) is 0 Å². The molecule has 0 aromatic heterocycles. The van der Waals surface area contributed by atoms with E-state index in [1.54, 1.807) is 19.1 Å². The Kier molecular flexibility index (Phi) is 3.69. The molecule has 0 aromatic rings. The summed E-state index contributed by atoms with van der Waals surface area (Å²) in [6.45, 7) is 1.56. The molecule has 90 valence electrons. The second kappa shape index (κ2) is 4.84. The molecule has 1 saturated carbocycles. The molecular formula is C11H12N2O4. The molecular weight excluding hydrogens is 224 g/mol. The zero-order valence-corrected chi connectivity index (χ0v) is 9.34. The third kappa shape index (κ3) is 1.94. The minimum absolute atomic E-state index is 0.0180. The first-order chi connectivity index (χ1) is 8.05. The van der Waals surface area contributed by atoms with Gasteiger partial charge in [-0.05, 0) is 25.7 Å². The van der Waals surface area contributed by atoms with Crippen molar-refractivity contribution >= 4 is 11.9 Å². The van der Waals surface area contributed by atoms with E-state index in [0.29, 0.717) is 12.8 Å². The lowest BCUT2D eigenvalue weighted by Gasteiger charge is -2.27. The molecule has 0 saturated heterocycles. The fourth-order valence-electron chi connectivity index (χ4n) is 1.93. The fraction of sp³-hybridized carbons (Fsp3) is 0.636. The summed E-state index contributed by atoms with van der Waals surface area (Å²) in [7, 11) is 0. The van der Waals surface area contributed by atoms with Gasteiger partial charge in [0.25, 0.3) is 0 Å². The Bertz CT molecular complexity index is 402. The molecule has 0 amide bonds. The Hall–Kier alpha value is -2.08. The maximum atomic E-state index is 11.8. The van der Waals surface area contributed by atoms with Gasteiger partial charge in [-0.1, -0.05) is 0 Å². The van der Waals surface area contributed by atoms with Crippen molar-refractivity contribution in [2.75, 3.05) is 6.61 Å². The quantitative estimate of drug-likeness (QED) is 0.555. The van der Waals surface area contributed by atoms with Crippen molar-refractivity contribution in [2.24, 2.45) is 17.3 Å². The minimum atomic E-state index is -2.03. The van der Waals surface area contributed by atoms with E-state index in [-0.39, 0.29) is 6.61 Å². The number of carbonyl (C=O) groups is 2. The maximum Gasteiger partial charge on any atom is 0.326 e. The second-order valence-corrected chi connectivity index (χ2v) is 3.86. The molecule has 1 aliphatic rings. The van der Waals surface area contributed by atoms with Gasteiger partial charge < -0.3 is 9.84 Å². The Morgan fingerprint density at radius 1 is 1.47 bits per heavy atom. The SMILES string of the molecule is CCOC(=O)C(C(=O)O)(C(C#N)C#N)C1CC1. The smallest absolute Gasteiger partial charge is 0.326 e. The van der Waals surface area contributed by atoms with Crippen molar-refractivity contribution < 1.29 is 19.4 Å². The van der Waals surface area contributed by atoms with E-state index in [9.17, 15) is 14.7 Å². The summed E-state index contributed by atoms with van der Waals surface area (Å²) >= 11 is 0. The van der Waals surface area contributed by atoms with Crippen molar-refractivity contribution in [3.05, 3.63) is 0 Å². The van der Waals surface area contributed by atoms with Crippen LogP contribution in [0.3, 0.4) is 0 Å². The van der Waals surface area contributed by atoms with E-state index < -0.39 is 29.2 Å². The molecule has 6 nitrogen and oxygen atoms in total. The monoisotopic (exact) mass is 236 g/mol. The molecule has 1 fully saturated rings. The number of carbonyl (C=O) groups excluding carboxylic acids is 1. The van der Waals surface area contributed by atoms with Crippen molar-refractivity contribution in [3.8, 4) is 12.1 Å². The number of rotatable bonds is 5. The largest absolute Gasteiger partial charge is 0.480 e. The Balaban J connectivity index is 3.24. The zero-order chi connectivity index (χ0) is 13.1. The van der Waals surface area contributed by atoms with Crippen LogP contribution in [-0.2, 0) is 14.3 Å². The molecule has 0 aromatic carbocycles. The summed E-state index contributed by atoms with van der Waals surface area (Å²) in [5.41, 5.74) is -2.03. The molecule has 0 bridgehead atoms. The van der Waals surface area contributed by atoms with Crippen LogP contribution in [0.25, 0.3) is 0 Å². The molecule has 1 rings (SSSR count). The Morgan fingerprint density at radius 2 is 2.00 bits per heavy atom. The zero-order valence-electron chi connectivity index (χ0n) is 9.34. The highest BCUT2D eigenvalue weighted by molar-refractivity contribution is 6.01. The third-order valence-corrected chi connectivity index (χ3v) is 2.90. The van der Waals surface area contributed by atoms with Crippen LogP contribution in [0.2, 0.25) is 0 Å². The number of hydrogen-bond acceptors (Lipinski definition) is 5. The number of aliphatic carboxylic acids is 1. The van der Waals surface area contributed by atoms with Gasteiger partial charge in [0, 0.05) is 0 Å². The fourth-order valence-corrected chi connectivity index (χ4v) is 1.93. The van der Waals surface area contributed by atoms with Crippen molar-refractivity contribution in [1.29, 1.82) is 10.5 Å². The van der Waals surface area contributed by atoms with Crippen molar-refractivity contribution in [3.63, 3.8) is 0 Å². The first kappa shape index (κ1) is 13.0. The first-order valence-electron chi connectivity index (χ1n) is 5.25. The van der Waals surface area contributed by atoms with Crippen LogP contribution < -0.4 is 0 Å². The maximum absolute atomic E-state index is 11.8. The average molecular weight is 236 g/mol. The Morgan fingerprint density at radius 3 is 2.29 bits per heavy atom. The number of nitriles is 2. The second-order valence-electron chi connectivity index (χ2n) is 3.86. The molecule has 17 heavy (non-hydrogen) atoms. The third-order valence-electron chi connectivity index (χ3n) is 2.90. The van der Waals surface area contributed by atoms with Crippen LogP contribution in [0.15, 0.2) is 0 Å². The van der Waals surface area contributed by atoms with Gasteiger partial charge >= 0.3 is 11.9 Å². The van der Waals surface area contributed by atoms with E-state index in [4.69, 9.17) is 15.3 Å². The standard InChI is InChI=1S/C11H12N2O4/c1-2-17-10(16)11(9(14)15,7-3-4-7)8(5-12)6-13/h7-8H,2-4H2,1H3,(H,14,15). The van der Waals surface area contributed by atoms with E-state index in [1.807, 2.05) is 0 Å². The molecule has 0 radical (unpaired) electrons. The molecule has 1 atom stereocenters. The first-order valence-corrected chi connectivity index (χ1v) is 5.25. The molecule has 0 heterocycles. The van der Waals surface area contributed by atoms with Crippen LogP contribution in [0.1, 0.15) is 19.8 Å². The van der Waals surface area contributed by atoms with Gasteiger partial charge in [-0.25, -0.2) is 0 Å². The number of carboxylic acids is 1. The molecule has 1 aliphatic carbocycles. The summed E-state index contributed by atoms with van der Waals surface area (Å²) in [5, 5.41) is 27.0. The average Bonchev–Trinajstić information content (AvgIpc) is 3.09. The van der Waals surface area contributed by atoms with E-state index in [0.717, 1.165) is 0 Å². The lowest BCUT2D eigenvalue weighted by atomic mass is 9.72. The predicted molar refractivity (Wildman–Crippen MR) is 54.1 cm³/mol. The van der Waals surface area contributed by atoms with Gasteiger partial charge in [0.2, 0.25) is 0 Å². The molecule has 0 aliphatic heterocycles. The van der Waals surface area contributed by atoms with Gasteiger partial charge in [0.1, 0.15) is 0 Å². The highest BCUT2D eigenvalue weighted by Gasteiger charge is 2.63. The summed E-state index contributed by atoms with van der Waals surface area (Å²) < 4.78 is 4.73. The summed E-state index contributed by atoms with van der Waals surface area (Å²) in [5.74, 6) is -4.44. The van der Waals surface area contributed by atoms with Crippen molar-refractivity contribution in [2.45, 2.75) is 19.8 Å². The molecule has 1 unspecified atom stereocenters. The number of hydrogen-bond donors (Lipinski definition) is 1. The number of ether oxygens (including phenoxy) is 1. The van der Waals surface area contributed by atoms with E-state index in [2.05, 4.69) is 0 Å². The van der Waals surface area contributed by atoms with E-state index in [1.165, 1.54) is 0 Å². The van der Waals surface area contributed by atoms with Crippen LogP contribution in [0.4, 0.5) is 0 Å². The Labute approximate surface area is 98.4 Å². The topological polar surface area (TPSA) is 111 Å².